The molecule has 1 aromatic carbocycles. The van der Waals surface area contributed by atoms with E-state index in [1.165, 1.54) is 31.2 Å². The number of rotatable bonds is 6. The van der Waals surface area contributed by atoms with Gasteiger partial charge in [-0.3, -0.25) is 4.90 Å². The summed E-state index contributed by atoms with van der Waals surface area (Å²) >= 11 is 0. The molecule has 5 heteroatoms. The fraction of sp³-hybridized carbons (Fsp3) is 0.625. The van der Waals surface area contributed by atoms with Gasteiger partial charge in [-0.1, -0.05) is 48.3 Å². The average Bonchev–Trinajstić information content (AvgIpc) is 3.18. The monoisotopic (exact) mass is 395 g/mol. The molecule has 156 valence electrons. The molecule has 1 spiro atoms. The quantitative estimate of drug-likeness (QED) is 0.812. The summed E-state index contributed by atoms with van der Waals surface area (Å²) < 4.78 is 5.23. The lowest BCUT2D eigenvalue weighted by molar-refractivity contribution is 0.114. The summed E-state index contributed by atoms with van der Waals surface area (Å²) in [7, 11) is 2.16. The molecule has 2 aromatic rings. The van der Waals surface area contributed by atoms with Crippen molar-refractivity contribution >= 4 is 0 Å². The minimum atomic E-state index is -0.235. The Bertz CT molecular complexity index is 832. The zero-order valence-electron chi connectivity index (χ0n) is 17.6. The number of likely N-dealkylation sites (tertiary alicyclic amines) is 1. The maximum Gasteiger partial charge on any atom is 0.133 e. The van der Waals surface area contributed by atoms with E-state index in [0.717, 1.165) is 37.6 Å². The van der Waals surface area contributed by atoms with Crippen LogP contribution in [0.3, 0.4) is 0 Å². The molecule has 3 fully saturated rings. The maximum absolute atomic E-state index is 11.3. The minimum absolute atomic E-state index is 0.00204. The van der Waals surface area contributed by atoms with Crippen LogP contribution in [-0.2, 0) is 6.54 Å². The first kappa shape index (κ1) is 19.3. The van der Waals surface area contributed by atoms with Gasteiger partial charge in [0.25, 0.3) is 0 Å². The number of aliphatic hydroxyl groups is 1. The Labute approximate surface area is 173 Å². The second-order valence-corrected chi connectivity index (χ2v) is 9.62. The molecule has 0 radical (unpaired) electrons. The molecule has 0 unspecified atom stereocenters. The highest BCUT2D eigenvalue weighted by atomic mass is 16.5. The predicted octanol–water partition coefficient (Wildman–Crippen LogP) is 3.43. The Kier molecular flexibility index (Phi) is 5.01. The predicted molar refractivity (Wildman–Crippen MR) is 113 cm³/mol. The molecular weight excluding hydrogens is 362 g/mol. The van der Waals surface area contributed by atoms with Gasteiger partial charge in [-0.05, 0) is 44.2 Å². The van der Waals surface area contributed by atoms with E-state index in [2.05, 4.69) is 52.3 Å². The normalized spacial score (nSPS) is 32.6. The molecule has 3 aliphatic rings. The molecule has 2 saturated carbocycles. The highest BCUT2D eigenvalue weighted by Gasteiger charge is 2.71. The summed E-state index contributed by atoms with van der Waals surface area (Å²) in [6, 6.07) is 13.5. The van der Waals surface area contributed by atoms with Gasteiger partial charge in [0.2, 0.25) is 0 Å². The number of β-amino-alcohol motifs (C(OH)–C–C–N with tert-alkyl or cyclic N) is 1. The van der Waals surface area contributed by atoms with Crippen LogP contribution in [0.2, 0.25) is 0 Å². The summed E-state index contributed by atoms with van der Waals surface area (Å²) in [5, 5.41) is 15.4. The first-order valence-electron chi connectivity index (χ1n) is 11.2. The molecule has 5 nitrogen and oxygen atoms in total. The lowest BCUT2D eigenvalue weighted by Gasteiger charge is -2.23. The fourth-order valence-electron chi connectivity index (χ4n) is 6.32. The van der Waals surface area contributed by atoms with Gasteiger partial charge >= 0.3 is 0 Å². The van der Waals surface area contributed by atoms with Crippen LogP contribution in [0.25, 0.3) is 0 Å². The van der Waals surface area contributed by atoms with Crippen molar-refractivity contribution in [1.29, 1.82) is 0 Å². The number of nitrogens with zero attached hydrogens (tertiary/aromatic N) is 3. The highest BCUT2D eigenvalue weighted by molar-refractivity contribution is 5.37. The molecule has 1 saturated heterocycles. The van der Waals surface area contributed by atoms with Gasteiger partial charge in [0, 0.05) is 43.7 Å². The molecule has 29 heavy (non-hydrogen) atoms. The largest absolute Gasteiger partial charge is 0.391 e. The molecular formula is C24H33N3O2. The van der Waals surface area contributed by atoms with Crippen molar-refractivity contribution in [1.82, 2.24) is 15.0 Å². The highest BCUT2D eigenvalue weighted by Crippen LogP contribution is 2.69. The molecule has 1 aromatic heterocycles. The first-order valence-corrected chi connectivity index (χ1v) is 11.2. The third-order valence-electron chi connectivity index (χ3n) is 7.68. The Morgan fingerprint density at radius 3 is 2.69 bits per heavy atom. The van der Waals surface area contributed by atoms with Crippen LogP contribution >= 0.6 is 0 Å². The van der Waals surface area contributed by atoms with E-state index in [-0.39, 0.29) is 11.5 Å². The van der Waals surface area contributed by atoms with E-state index in [1.807, 2.05) is 13.0 Å². The van der Waals surface area contributed by atoms with Crippen molar-refractivity contribution in [2.24, 2.45) is 11.3 Å². The van der Waals surface area contributed by atoms with Gasteiger partial charge in [0.15, 0.2) is 0 Å². The summed E-state index contributed by atoms with van der Waals surface area (Å²) in [4.78, 5) is 4.95. The van der Waals surface area contributed by atoms with Crippen LogP contribution in [-0.4, -0.2) is 58.9 Å². The van der Waals surface area contributed by atoms with Crippen molar-refractivity contribution in [3.05, 3.63) is 53.4 Å². The Morgan fingerprint density at radius 2 is 2.00 bits per heavy atom. The molecule has 0 amide bonds. The average molecular weight is 396 g/mol. The SMILES string of the molecule is Cc1cc(CN(C)C[C@@H]2[C@@H](c3ccccc3)[C@]23CN(C2CCCC2)C[C@@H]3O)no1. The lowest BCUT2D eigenvalue weighted by atomic mass is 9.95. The van der Waals surface area contributed by atoms with Crippen molar-refractivity contribution in [3.8, 4) is 0 Å². The number of aliphatic hydroxyl groups excluding tert-OH is 1. The first-order chi connectivity index (χ1) is 14.1. The van der Waals surface area contributed by atoms with Crippen LogP contribution in [0.4, 0.5) is 0 Å². The standard InChI is InChI=1S/C24H33N3O2/c1-17-12-19(25-29-17)13-26(2)14-21-23(18-8-4-3-5-9-18)24(21)16-27(15-22(24)28)20-10-6-7-11-20/h3-5,8-9,12,20-23,28H,6-7,10-11,13-16H2,1-2H3/t21-,22+,23-,24-/m1/s1. The number of aromatic nitrogens is 1. The van der Waals surface area contributed by atoms with Crippen LogP contribution in [0.5, 0.6) is 0 Å². The van der Waals surface area contributed by atoms with Gasteiger partial charge in [0.05, 0.1) is 11.8 Å². The van der Waals surface area contributed by atoms with Crippen molar-refractivity contribution in [2.45, 2.75) is 57.2 Å². The lowest BCUT2D eigenvalue weighted by Crippen LogP contribution is -2.32. The Balaban J connectivity index is 1.35. The smallest absolute Gasteiger partial charge is 0.133 e. The third kappa shape index (κ3) is 3.43. The zero-order chi connectivity index (χ0) is 20.0. The molecule has 1 N–H and O–H groups in total. The van der Waals surface area contributed by atoms with Gasteiger partial charge in [-0.25, -0.2) is 0 Å². The van der Waals surface area contributed by atoms with Crippen LogP contribution in [0.1, 0.15) is 48.6 Å². The van der Waals surface area contributed by atoms with Gasteiger partial charge < -0.3 is 14.5 Å². The zero-order valence-corrected chi connectivity index (χ0v) is 17.6. The summed E-state index contributed by atoms with van der Waals surface area (Å²) in [6.07, 6.45) is 5.05. The molecule has 0 bridgehead atoms. The molecule has 2 aliphatic carbocycles. The van der Waals surface area contributed by atoms with Crippen molar-refractivity contribution in [3.63, 3.8) is 0 Å². The third-order valence-corrected chi connectivity index (χ3v) is 7.68. The minimum Gasteiger partial charge on any atom is -0.391 e. The summed E-state index contributed by atoms with van der Waals surface area (Å²) in [5.41, 5.74) is 2.36. The van der Waals surface area contributed by atoms with Gasteiger partial charge in [-0.2, -0.15) is 0 Å². The maximum atomic E-state index is 11.3. The Morgan fingerprint density at radius 1 is 1.24 bits per heavy atom. The number of hydrogen-bond acceptors (Lipinski definition) is 5. The van der Waals surface area contributed by atoms with Crippen LogP contribution in [0, 0.1) is 18.3 Å². The second kappa shape index (κ2) is 7.53. The van der Waals surface area contributed by atoms with E-state index < -0.39 is 0 Å². The number of hydrogen-bond donors (Lipinski definition) is 1. The number of benzene rings is 1. The molecule has 1 aliphatic heterocycles. The molecule has 5 rings (SSSR count). The topological polar surface area (TPSA) is 52.7 Å². The van der Waals surface area contributed by atoms with E-state index in [4.69, 9.17) is 4.52 Å². The second-order valence-electron chi connectivity index (χ2n) is 9.62. The molecule has 4 atom stereocenters. The van der Waals surface area contributed by atoms with E-state index >= 15 is 0 Å². The van der Waals surface area contributed by atoms with Crippen molar-refractivity contribution < 1.29 is 9.63 Å². The van der Waals surface area contributed by atoms with E-state index in [1.54, 1.807) is 0 Å². The fourth-order valence-corrected chi connectivity index (χ4v) is 6.32. The van der Waals surface area contributed by atoms with E-state index in [9.17, 15) is 5.11 Å². The van der Waals surface area contributed by atoms with Crippen LogP contribution in [0.15, 0.2) is 40.9 Å². The summed E-state index contributed by atoms with van der Waals surface area (Å²) in [5.74, 6) is 1.77. The summed E-state index contributed by atoms with van der Waals surface area (Å²) in [6.45, 7) is 5.58. The van der Waals surface area contributed by atoms with E-state index in [0.29, 0.717) is 17.9 Å². The van der Waals surface area contributed by atoms with Gasteiger partial charge in [0.1, 0.15) is 5.76 Å². The molecule has 2 heterocycles. The van der Waals surface area contributed by atoms with Gasteiger partial charge in [-0.15, -0.1) is 0 Å². The van der Waals surface area contributed by atoms with Crippen LogP contribution < -0.4 is 0 Å². The Hall–Kier alpha value is -1.69. The number of aryl methyl sites for hydroxylation is 1. The van der Waals surface area contributed by atoms with Crippen molar-refractivity contribution in [2.75, 3.05) is 26.7 Å².